The summed E-state index contributed by atoms with van der Waals surface area (Å²) >= 11 is 0. The average Bonchev–Trinajstić information content (AvgIpc) is 2.29. The fraction of sp³-hybridized carbons (Fsp3) is 0.417. The molecule has 0 aliphatic heterocycles. The Balaban J connectivity index is 2.39. The first-order chi connectivity index (χ1) is 8.11. The van der Waals surface area contributed by atoms with Gasteiger partial charge in [-0.1, -0.05) is 6.07 Å². The summed E-state index contributed by atoms with van der Waals surface area (Å²) in [6.07, 6.45) is 2.13. The number of likely N-dealkylation sites (N-methyl/N-ethyl adjacent to an activating group) is 1. The van der Waals surface area contributed by atoms with E-state index < -0.39 is 0 Å². The van der Waals surface area contributed by atoms with E-state index in [4.69, 9.17) is 5.26 Å². The third-order valence-corrected chi connectivity index (χ3v) is 2.20. The highest BCUT2D eigenvalue weighted by atomic mass is 16.2. The van der Waals surface area contributed by atoms with Crippen LogP contribution in [0, 0.1) is 18.3 Å². The predicted octanol–water partition coefficient (Wildman–Crippen LogP) is 1.17. The van der Waals surface area contributed by atoms with Crippen molar-refractivity contribution in [1.82, 2.24) is 9.88 Å². The maximum atomic E-state index is 11.6. The van der Waals surface area contributed by atoms with E-state index in [0.717, 1.165) is 5.56 Å². The van der Waals surface area contributed by atoms with E-state index in [1.165, 1.54) is 0 Å². The summed E-state index contributed by atoms with van der Waals surface area (Å²) < 4.78 is 0. The summed E-state index contributed by atoms with van der Waals surface area (Å²) in [6.45, 7) is 2.79. The van der Waals surface area contributed by atoms with Gasteiger partial charge in [0.05, 0.1) is 12.6 Å². The zero-order valence-electron chi connectivity index (χ0n) is 10.1. The lowest BCUT2D eigenvalue weighted by Crippen LogP contribution is -2.31. The molecule has 0 spiro atoms. The van der Waals surface area contributed by atoms with Crippen LogP contribution in [-0.4, -0.2) is 35.9 Å². The summed E-state index contributed by atoms with van der Waals surface area (Å²) in [7, 11) is 1.81. The van der Waals surface area contributed by atoms with Gasteiger partial charge in [0, 0.05) is 19.2 Å². The van der Waals surface area contributed by atoms with Crippen molar-refractivity contribution in [2.24, 2.45) is 0 Å². The quantitative estimate of drug-likeness (QED) is 0.827. The van der Waals surface area contributed by atoms with Gasteiger partial charge >= 0.3 is 0 Å². The van der Waals surface area contributed by atoms with Crippen LogP contribution in [-0.2, 0) is 4.79 Å². The molecule has 0 unspecified atom stereocenters. The normalized spacial score (nSPS) is 10.0. The minimum absolute atomic E-state index is 0.123. The van der Waals surface area contributed by atoms with Crippen molar-refractivity contribution in [3.05, 3.63) is 23.9 Å². The molecular formula is C12H16N4O. The molecule has 0 aromatic carbocycles. The molecule has 5 heteroatoms. The molecule has 0 aliphatic carbocycles. The smallest absolute Gasteiger partial charge is 0.239 e. The van der Waals surface area contributed by atoms with Gasteiger partial charge in [-0.15, -0.1) is 0 Å². The van der Waals surface area contributed by atoms with Crippen LogP contribution in [0.3, 0.4) is 0 Å². The van der Waals surface area contributed by atoms with Gasteiger partial charge in [-0.2, -0.15) is 5.26 Å². The molecule has 0 bridgehead atoms. The molecule has 0 radical (unpaired) electrons. The Morgan fingerprint density at radius 2 is 2.35 bits per heavy atom. The molecule has 5 nitrogen and oxygen atoms in total. The number of rotatable bonds is 5. The van der Waals surface area contributed by atoms with Crippen molar-refractivity contribution in [3.63, 3.8) is 0 Å². The molecule has 90 valence electrons. The van der Waals surface area contributed by atoms with E-state index in [9.17, 15) is 4.79 Å². The lowest BCUT2D eigenvalue weighted by Gasteiger charge is -2.13. The van der Waals surface area contributed by atoms with Gasteiger partial charge < -0.3 is 5.32 Å². The van der Waals surface area contributed by atoms with E-state index in [1.54, 1.807) is 24.2 Å². The second-order valence-electron chi connectivity index (χ2n) is 3.91. The van der Waals surface area contributed by atoms with Crippen LogP contribution in [0.2, 0.25) is 0 Å². The van der Waals surface area contributed by atoms with Gasteiger partial charge in [0.1, 0.15) is 5.82 Å². The molecule has 1 N–H and O–H groups in total. The van der Waals surface area contributed by atoms with Crippen molar-refractivity contribution in [2.75, 3.05) is 25.5 Å². The van der Waals surface area contributed by atoms with Crippen LogP contribution in [0.25, 0.3) is 0 Å². The number of nitrogens with zero attached hydrogens (tertiary/aromatic N) is 3. The lowest BCUT2D eigenvalue weighted by atomic mass is 10.3. The summed E-state index contributed by atoms with van der Waals surface area (Å²) in [6, 6.07) is 5.70. The zero-order valence-corrected chi connectivity index (χ0v) is 10.1. The molecule has 1 rings (SSSR count). The molecule has 17 heavy (non-hydrogen) atoms. The van der Waals surface area contributed by atoms with E-state index in [0.29, 0.717) is 18.8 Å². The van der Waals surface area contributed by atoms with Crippen LogP contribution in [0.4, 0.5) is 5.82 Å². The van der Waals surface area contributed by atoms with E-state index in [1.807, 2.05) is 19.1 Å². The SMILES string of the molecule is Cc1ccc(NC(=O)CN(C)CCC#N)nc1. The first-order valence-electron chi connectivity index (χ1n) is 5.40. The second kappa shape index (κ2) is 6.61. The van der Waals surface area contributed by atoms with Crippen LogP contribution in [0.5, 0.6) is 0 Å². The molecule has 1 heterocycles. The maximum Gasteiger partial charge on any atom is 0.239 e. The van der Waals surface area contributed by atoms with E-state index in [2.05, 4.69) is 10.3 Å². The topological polar surface area (TPSA) is 69.0 Å². The molecule has 0 fully saturated rings. The van der Waals surface area contributed by atoms with Gasteiger partial charge in [0.15, 0.2) is 0 Å². The highest BCUT2D eigenvalue weighted by Crippen LogP contribution is 2.03. The molecule has 1 amide bonds. The first kappa shape index (κ1) is 13.1. The fourth-order valence-corrected chi connectivity index (χ4v) is 1.29. The van der Waals surface area contributed by atoms with Gasteiger partial charge in [-0.05, 0) is 25.6 Å². The Kier molecular flexibility index (Phi) is 5.11. The van der Waals surface area contributed by atoms with Crippen LogP contribution < -0.4 is 5.32 Å². The number of aryl methyl sites for hydroxylation is 1. The number of nitriles is 1. The zero-order chi connectivity index (χ0) is 12.7. The third kappa shape index (κ3) is 5.09. The molecule has 1 aromatic heterocycles. The van der Waals surface area contributed by atoms with E-state index >= 15 is 0 Å². The number of carbonyl (C=O) groups excluding carboxylic acids is 1. The maximum absolute atomic E-state index is 11.6. The van der Waals surface area contributed by atoms with Crippen molar-refractivity contribution < 1.29 is 4.79 Å². The number of aromatic nitrogens is 1. The first-order valence-corrected chi connectivity index (χ1v) is 5.40. The minimum atomic E-state index is -0.123. The molecule has 1 aromatic rings. The summed E-state index contributed by atoms with van der Waals surface area (Å²) in [4.78, 5) is 17.5. The Morgan fingerprint density at radius 3 is 2.94 bits per heavy atom. The predicted molar refractivity (Wildman–Crippen MR) is 65.3 cm³/mol. The molecule has 0 saturated heterocycles. The van der Waals surface area contributed by atoms with Gasteiger partial charge in [0.25, 0.3) is 0 Å². The Hall–Kier alpha value is -1.93. The highest BCUT2D eigenvalue weighted by molar-refractivity contribution is 5.91. The van der Waals surface area contributed by atoms with Crippen LogP contribution in [0.15, 0.2) is 18.3 Å². The molecule has 0 atom stereocenters. The second-order valence-corrected chi connectivity index (χ2v) is 3.91. The van der Waals surface area contributed by atoms with Crippen LogP contribution >= 0.6 is 0 Å². The van der Waals surface area contributed by atoms with Crippen molar-refractivity contribution in [1.29, 1.82) is 5.26 Å². The van der Waals surface area contributed by atoms with Crippen LogP contribution in [0.1, 0.15) is 12.0 Å². The number of amides is 1. The number of hydrogen-bond donors (Lipinski definition) is 1. The van der Waals surface area contributed by atoms with Gasteiger partial charge in [0.2, 0.25) is 5.91 Å². The number of pyridine rings is 1. The summed E-state index contributed by atoms with van der Waals surface area (Å²) in [5, 5.41) is 11.1. The number of hydrogen-bond acceptors (Lipinski definition) is 4. The standard InChI is InChI=1S/C12H16N4O/c1-10-4-5-11(14-8-10)15-12(17)9-16(2)7-3-6-13/h4-5,8H,3,7,9H2,1-2H3,(H,14,15,17). The third-order valence-electron chi connectivity index (χ3n) is 2.20. The number of carbonyl (C=O) groups is 1. The largest absolute Gasteiger partial charge is 0.310 e. The van der Waals surface area contributed by atoms with Crippen molar-refractivity contribution >= 4 is 11.7 Å². The fourth-order valence-electron chi connectivity index (χ4n) is 1.29. The number of nitrogens with one attached hydrogen (secondary N) is 1. The Labute approximate surface area is 101 Å². The van der Waals surface area contributed by atoms with Gasteiger partial charge in [-0.25, -0.2) is 4.98 Å². The monoisotopic (exact) mass is 232 g/mol. The molecular weight excluding hydrogens is 216 g/mol. The van der Waals surface area contributed by atoms with E-state index in [-0.39, 0.29) is 12.5 Å². The van der Waals surface area contributed by atoms with Crippen molar-refractivity contribution in [3.8, 4) is 6.07 Å². The highest BCUT2D eigenvalue weighted by Gasteiger charge is 2.06. The molecule has 0 saturated carbocycles. The number of anilines is 1. The van der Waals surface area contributed by atoms with Gasteiger partial charge in [-0.3, -0.25) is 9.69 Å². The average molecular weight is 232 g/mol. The summed E-state index contributed by atoms with van der Waals surface area (Å²) in [5.74, 6) is 0.427. The Bertz CT molecular complexity index is 408. The Morgan fingerprint density at radius 1 is 1.59 bits per heavy atom. The summed E-state index contributed by atoms with van der Waals surface area (Å²) in [5.41, 5.74) is 1.05. The molecule has 0 aliphatic rings. The lowest BCUT2D eigenvalue weighted by molar-refractivity contribution is -0.117. The van der Waals surface area contributed by atoms with Crippen molar-refractivity contribution in [2.45, 2.75) is 13.3 Å². The minimum Gasteiger partial charge on any atom is -0.310 e.